The van der Waals surface area contributed by atoms with Crippen molar-refractivity contribution in [2.24, 2.45) is 11.8 Å². The molecule has 0 bridgehead atoms. The van der Waals surface area contributed by atoms with Crippen LogP contribution >= 0.6 is 11.3 Å². The molecule has 0 aromatic carbocycles. The Kier molecular flexibility index (Phi) is 3.90. The zero-order valence-corrected chi connectivity index (χ0v) is 11.9. The van der Waals surface area contributed by atoms with E-state index in [1.165, 1.54) is 17.8 Å². The van der Waals surface area contributed by atoms with E-state index in [0.717, 1.165) is 12.8 Å². The molecular formula is C12H19NO2S2. The lowest BCUT2D eigenvalue weighted by molar-refractivity contribution is 0.227. The van der Waals surface area contributed by atoms with Crippen LogP contribution < -0.4 is 4.72 Å². The molecule has 1 N–H and O–H groups in total. The van der Waals surface area contributed by atoms with E-state index in [4.69, 9.17) is 0 Å². The molecule has 1 aliphatic rings. The summed E-state index contributed by atoms with van der Waals surface area (Å²) in [7, 11) is -3.30. The molecule has 96 valence electrons. The van der Waals surface area contributed by atoms with Crippen LogP contribution in [0.1, 0.15) is 33.1 Å². The molecule has 0 aliphatic heterocycles. The number of hydrogen-bond donors (Lipinski definition) is 1. The minimum Gasteiger partial charge on any atom is -0.207 e. The lowest BCUT2D eigenvalue weighted by Gasteiger charge is -2.34. The zero-order chi connectivity index (χ0) is 12.5. The highest BCUT2D eigenvalue weighted by Crippen LogP contribution is 2.30. The fourth-order valence-corrected chi connectivity index (χ4v) is 4.79. The number of hydrogen-bond acceptors (Lipinski definition) is 3. The smallest absolute Gasteiger partial charge is 0.207 e. The maximum atomic E-state index is 12.1. The van der Waals surface area contributed by atoms with Crippen molar-refractivity contribution in [3.63, 3.8) is 0 Å². The second-order valence-electron chi connectivity index (χ2n) is 4.93. The molecule has 3 nitrogen and oxygen atoms in total. The highest BCUT2D eigenvalue weighted by molar-refractivity contribution is 7.91. The molecule has 1 saturated carbocycles. The van der Waals surface area contributed by atoms with Crippen molar-refractivity contribution in [3.05, 3.63) is 17.5 Å². The van der Waals surface area contributed by atoms with Gasteiger partial charge >= 0.3 is 0 Å². The van der Waals surface area contributed by atoms with Gasteiger partial charge in [0.25, 0.3) is 0 Å². The van der Waals surface area contributed by atoms with Crippen LogP contribution in [0.3, 0.4) is 0 Å². The highest BCUT2D eigenvalue weighted by Gasteiger charge is 2.30. The van der Waals surface area contributed by atoms with Crippen LogP contribution in [-0.2, 0) is 10.0 Å². The number of thiophene rings is 1. The summed E-state index contributed by atoms with van der Waals surface area (Å²) in [5, 5.41) is 1.79. The van der Waals surface area contributed by atoms with Crippen molar-refractivity contribution in [1.82, 2.24) is 4.72 Å². The lowest BCUT2D eigenvalue weighted by atomic mass is 9.78. The Hall–Kier alpha value is -0.390. The first kappa shape index (κ1) is 13.1. The van der Waals surface area contributed by atoms with Crippen LogP contribution in [-0.4, -0.2) is 14.5 Å². The summed E-state index contributed by atoms with van der Waals surface area (Å²) in [5.74, 6) is 1.01. The SMILES string of the molecule is C[C@H]1[C@@H](NS(=O)(=O)c2cccs2)CCC[C@@H]1C. The Labute approximate surface area is 107 Å². The Bertz CT molecular complexity index is 453. The lowest BCUT2D eigenvalue weighted by Crippen LogP contribution is -2.43. The molecule has 1 aliphatic carbocycles. The first-order valence-electron chi connectivity index (χ1n) is 6.06. The maximum Gasteiger partial charge on any atom is 0.250 e. The van der Waals surface area contributed by atoms with Crippen molar-refractivity contribution >= 4 is 21.4 Å². The first-order chi connectivity index (χ1) is 8.00. The van der Waals surface area contributed by atoms with Crippen molar-refractivity contribution in [1.29, 1.82) is 0 Å². The Morgan fingerprint density at radius 1 is 1.35 bits per heavy atom. The Balaban J connectivity index is 2.11. The Morgan fingerprint density at radius 3 is 2.76 bits per heavy atom. The fraction of sp³-hybridized carbons (Fsp3) is 0.667. The molecule has 5 heteroatoms. The molecule has 0 saturated heterocycles. The van der Waals surface area contributed by atoms with E-state index in [-0.39, 0.29) is 6.04 Å². The molecule has 17 heavy (non-hydrogen) atoms. The van der Waals surface area contributed by atoms with Crippen molar-refractivity contribution in [3.8, 4) is 0 Å². The molecule has 0 amide bonds. The molecule has 0 unspecified atom stereocenters. The average molecular weight is 273 g/mol. The van der Waals surface area contributed by atoms with Gasteiger partial charge in [0.05, 0.1) is 0 Å². The Morgan fingerprint density at radius 2 is 2.12 bits per heavy atom. The standard InChI is InChI=1S/C12H19NO2S2/c1-9-5-3-6-11(10(9)2)13-17(14,15)12-7-4-8-16-12/h4,7-11,13H,3,5-6H2,1-2H3/t9-,10+,11-/m0/s1. The molecule has 3 atom stereocenters. The minimum atomic E-state index is -3.30. The van der Waals surface area contributed by atoms with Crippen LogP contribution in [0.15, 0.2) is 21.7 Å². The predicted octanol–water partition coefficient (Wildman–Crippen LogP) is 2.85. The molecule has 1 fully saturated rings. The van der Waals surface area contributed by atoms with E-state index in [1.54, 1.807) is 17.5 Å². The van der Waals surface area contributed by atoms with Crippen LogP contribution in [0.5, 0.6) is 0 Å². The molecule has 1 heterocycles. The molecule has 2 rings (SSSR count). The van der Waals surface area contributed by atoms with Gasteiger partial charge in [-0.15, -0.1) is 11.3 Å². The number of nitrogens with one attached hydrogen (secondary N) is 1. The van der Waals surface area contributed by atoms with Gasteiger partial charge < -0.3 is 0 Å². The second-order valence-corrected chi connectivity index (χ2v) is 7.82. The van der Waals surface area contributed by atoms with Gasteiger partial charge in [-0.05, 0) is 29.7 Å². The number of rotatable bonds is 3. The summed E-state index contributed by atoms with van der Waals surface area (Å²) in [6, 6.07) is 3.52. The van der Waals surface area contributed by atoms with Crippen LogP contribution in [0.25, 0.3) is 0 Å². The van der Waals surface area contributed by atoms with E-state index in [0.29, 0.717) is 16.0 Å². The highest BCUT2D eigenvalue weighted by atomic mass is 32.2. The van der Waals surface area contributed by atoms with Crippen LogP contribution in [0.2, 0.25) is 0 Å². The molecule has 0 spiro atoms. The minimum absolute atomic E-state index is 0.0887. The fourth-order valence-electron chi connectivity index (χ4n) is 2.42. The van der Waals surface area contributed by atoms with E-state index >= 15 is 0 Å². The quantitative estimate of drug-likeness (QED) is 0.920. The van der Waals surface area contributed by atoms with Gasteiger partial charge in [-0.3, -0.25) is 0 Å². The van der Waals surface area contributed by atoms with Gasteiger partial charge in [0.15, 0.2) is 0 Å². The van der Waals surface area contributed by atoms with Crippen molar-refractivity contribution in [2.75, 3.05) is 0 Å². The van der Waals surface area contributed by atoms with Gasteiger partial charge in [0, 0.05) is 6.04 Å². The number of sulfonamides is 1. The predicted molar refractivity (Wildman–Crippen MR) is 70.6 cm³/mol. The summed E-state index contributed by atoms with van der Waals surface area (Å²) >= 11 is 1.27. The molecule has 0 radical (unpaired) electrons. The third-order valence-corrected chi connectivity index (χ3v) is 6.66. The van der Waals surface area contributed by atoms with E-state index in [1.807, 2.05) is 0 Å². The largest absolute Gasteiger partial charge is 0.250 e. The zero-order valence-electron chi connectivity index (χ0n) is 10.2. The molecule has 1 aromatic rings. The first-order valence-corrected chi connectivity index (χ1v) is 8.43. The maximum absolute atomic E-state index is 12.1. The van der Waals surface area contributed by atoms with E-state index < -0.39 is 10.0 Å². The van der Waals surface area contributed by atoms with E-state index in [9.17, 15) is 8.42 Å². The average Bonchev–Trinajstić information content (AvgIpc) is 2.78. The van der Waals surface area contributed by atoms with Gasteiger partial charge in [0.1, 0.15) is 4.21 Å². The van der Waals surface area contributed by atoms with Crippen molar-refractivity contribution in [2.45, 2.75) is 43.4 Å². The van der Waals surface area contributed by atoms with Gasteiger partial charge in [-0.2, -0.15) is 0 Å². The molecule has 1 aromatic heterocycles. The summed E-state index contributed by atoms with van der Waals surface area (Å²) in [6.45, 7) is 4.35. The monoisotopic (exact) mass is 273 g/mol. The summed E-state index contributed by atoms with van der Waals surface area (Å²) < 4.78 is 27.5. The molecular weight excluding hydrogens is 254 g/mol. The third kappa shape index (κ3) is 2.89. The van der Waals surface area contributed by atoms with Gasteiger partial charge in [-0.25, -0.2) is 13.1 Å². The normalized spacial score (nSPS) is 30.4. The third-order valence-electron chi connectivity index (χ3n) is 3.77. The van der Waals surface area contributed by atoms with Crippen LogP contribution in [0, 0.1) is 11.8 Å². The van der Waals surface area contributed by atoms with Crippen LogP contribution in [0.4, 0.5) is 0 Å². The topological polar surface area (TPSA) is 46.2 Å². The second kappa shape index (κ2) is 5.08. The summed E-state index contributed by atoms with van der Waals surface area (Å²) in [4.78, 5) is 0. The van der Waals surface area contributed by atoms with E-state index in [2.05, 4.69) is 18.6 Å². The van der Waals surface area contributed by atoms with Gasteiger partial charge in [0.2, 0.25) is 10.0 Å². The summed E-state index contributed by atoms with van der Waals surface area (Å²) in [6.07, 6.45) is 3.28. The summed E-state index contributed by atoms with van der Waals surface area (Å²) in [5.41, 5.74) is 0. The van der Waals surface area contributed by atoms with Gasteiger partial charge in [-0.1, -0.05) is 32.8 Å². The van der Waals surface area contributed by atoms with Crippen molar-refractivity contribution < 1.29 is 8.42 Å².